The lowest BCUT2D eigenvalue weighted by atomic mass is 10.1. The Bertz CT molecular complexity index is 832. The highest BCUT2D eigenvalue weighted by Gasteiger charge is 2.09. The summed E-state index contributed by atoms with van der Waals surface area (Å²) < 4.78 is 10.6. The third kappa shape index (κ3) is 5.34. The van der Waals surface area contributed by atoms with Crippen LogP contribution in [-0.2, 0) is 9.59 Å². The van der Waals surface area contributed by atoms with Crippen molar-refractivity contribution in [2.45, 2.75) is 13.8 Å². The van der Waals surface area contributed by atoms with Gasteiger partial charge in [-0.15, -0.1) is 0 Å². The Morgan fingerprint density at radius 1 is 1.00 bits per heavy atom. The molecule has 0 heterocycles. The van der Waals surface area contributed by atoms with Crippen molar-refractivity contribution < 1.29 is 23.9 Å². The van der Waals surface area contributed by atoms with Crippen molar-refractivity contribution in [3.8, 4) is 11.5 Å². The molecule has 2 aromatic carbocycles. The number of hydrogen-bond acceptors (Lipinski definition) is 5. The van der Waals surface area contributed by atoms with Gasteiger partial charge in [0.2, 0.25) is 5.91 Å². The van der Waals surface area contributed by atoms with Crippen LogP contribution in [0.25, 0.3) is 0 Å². The number of anilines is 2. The van der Waals surface area contributed by atoms with Crippen LogP contribution in [0.15, 0.2) is 42.5 Å². The number of Topliss-reactive ketones (excluding diaryl/α,β-unsaturated/α-hetero) is 1. The van der Waals surface area contributed by atoms with Crippen molar-refractivity contribution in [1.29, 1.82) is 0 Å². The first kappa shape index (κ1) is 19.0. The van der Waals surface area contributed by atoms with E-state index in [0.29, 0.717) is 28.4 Å². The summed E-state index contributed by atoms with van der Waals surface area (Å²) in [5, 5.41) is 5.31. The quantitative estimate of drug-likeness (QED) is 0.744. The number of benzene rings is 2. The zero-order valence-electron chi connectivity index (χ0n) is 14.8. The van der Waals surface area contributed by atoms with E-state index < -0.39 is 0 Å². The lowest BCUT2D eigenvalue weighted by Gasteiger charge is -2.12. The normalized spacial score (nSPS) is 9.96. The van der Waals surface area contributed by atoms with Crippen molar-refractivity contribution in [3.05, 3.63) is 48.0 Å². The molecule has 2 rings (SSSR count). The molecule has 0 radical (unpaired) electrons. The largest absolute Gasteiger partial charge is 0.495 e. The fraction of sp³-hybridized carbons (Fsp3) is 0.211. The van der Waals surface area contributed by atoms with Crippen LogP contribution in [0.4, 0.5) is 11.4 Å². The third-order valence-electron chi connectivity index (χ3n) is 3.40. The highest BCUT2D eigenvalue weighted by molar-refractivity contribution is 5.95. The van der Waals surface area contributed by atoms with Gasteiger partial charge in [-0.2, -0.15) is 0 Å². The number of carbonyl (C=O) groups excluding carboxylic acids is 3. The second-order valence-corrected chi connectivity index (χ2v) is 5.52. The Morgan fingerprint density at radius 2 is 1.77 bits per heavy atom. The Balaban J connectivity index is 2.00. The average molecular weight is 356 g/mol. The lowest BCUT2D eigenvalue weighted by Crippen LogP contribution is -2.20. The molecule has 7 nitrogen and oxygen atoms in total. The minimum Gasteiger partial charge on any atom is -0.495 e. The van der Waals surface area contributed by atoms with Crippen LogP contribution in [0.2, 0.25) is 0 Å². The Hall–Kier alpha value is -3.35. The van der Waals surface area contributed by atoms with Crippen molar-refractivity contribution in [2.75, 3.05) is 24.4 Å². The number of rotatable bonds is 7. The van der Waals surface area contributed by atoms with Gasteiger partial charge in [0, 0.05) is 18.2 Å². The number of nitrogens with one attached hydrogen (secondary N) is 2. The molecular formula is C19H20N2O5. The van der Waals surface area contributed by atoms with Gasteiger partial charge in [0.25, 0.3) is 5.91 Å². The summed E-state index contributed by atoms with van der Waals surface area (Å²) >= 11 is 0. The summed E-state index contributed by atoms with van der Waals surface area (Å²) in [4.78, 5) is 34.7. The summed E-state index contributed by atoms with van der Waals surface area (Å²) in [5.41, 5.74) is 1.45. The first-order valence-corrected chi connectivity index (χ1v) is 7.88. The molecule has 7 heteroatoms. The zero-order chi connectivity index (χ0) is 19.1. The van der Waals surface area contributed by atoms with Crippen LogP contribution in [-0.4, -0.2) is 31.3 Å². The van der Waals surface area contributed by atoms with Crippen molar-refractivity contribution >= 4 is 29.0 Å². The molecular weight excluding hydrogens is 336 g/mol. The minimum atomic E-state index is -0.378. The molecule has 0 unspecified atom stereocenters. The van der Waals surface area contributed by atoms with Gasteiger partial charge in [0.15, 0.2) is 12.4 Å². The first-order chi connectivity index (χ1) is 12.4. The van der Waals surface area contributed by atoms with Gasteiger partial charge >= 0.3 is 0 Å². The number of ether oxygens (including phenoxy) is 2. The van der Waals surface area contributed by atoms with E-state index in [-0.39, 0.29) is 24.2 Å². The SMILES string of the molecule is COc1ccc(NC(=O)COc2cccc(C(C)=O)c2)cc1NC(C)=O. The zero-order valence-corrected chi connectivity index (χ0v) is 14.8. The van der Waals surface area contributed by atoms with Crippen LogP contribution in [0.3, 0.4) is 0 Å². The van der Waals surface area contributed by atoms with E-state index in [0.717, 1.165) is 0 Å². The van der Waals surface area contributed by atoms with E-state index in [1.54, 1.807) is 42.5 Å². The molecule has 2 amide bonds. The fourth-order valence-corrected chi connectivity index (χ4v) is 2.22. The molecule has 0 bridgehead atoms. The molecule has 0 fully saturated rings. The van der Waals surface area contributed by atoms with E-state index in [2.05, 4.69) is 10.6 Å². The van der Waals surface area contributed by atoms with Crippen LogP contribution in [0.5, 0.6) is 11.5 Å². The van der Waals surface area contributed by atoms with Gasteiger partial charge in [0.05, 0.1) is 12.8 Å². The van der Waals surface area contributed by atoms with Gasteiger partial charge in [0.1, 0.15) is 11.5 Å². The molecule has 0 saturated heterocycles. The Kier molecular flexibility index (Phi) is 6.32. The minimum absolute atomic E-state index is 0.0800. The number of amides is 2. The highest BCUT2D eigenvalue weighted by atomic mass is 16.5. The van der Waals surface area contributed by atoms with E-state index in [1.165, 1.54) is 21.0 Å². The summed E-state index contributed by atoms with van der Waals surface area (Å²) in [6, 6.07) is 11.5. The Morgan fingerprint density at radius 3 is 2.42 bits per heavy atom. The van der Waals surface area contributed by atoms with Gasteiger partial charge in [-0.1, -0.05) is 12.1 Å². The standard InChI is InChI=1S/C19H20N2O5/c1-12(22)14-5-4-6-16(9-14)26-11-19(24)21-15-7-8-18(25-3)17(10-15)20-13(2)23/h4-10H,11H2,1-3H3,(H,20,23)(H,21,24). The maximum absolute atomic E-state index is 12.1. The van der Waals surface area contributed by atoms with Crippen LogP contribution in [0.1, 0.15) is 24.2 Å². The van der Waals surface area contributed by atoms with E-state index in [9.17, 15) is 14.4 Å². The summed E-state index contributed by atoms with van der Waals surface area (Å²) in [6.07, 6.45) is 0. The van der Waals surface area contributed by atoms with Gasteiger partial charge in [-0.3, -0.25) is 14.4 Å². The highest BCUT2D eigenvalue weighted by Crippen LogP contribution is 2.27. The maximum atomic E-state index is 12.1. The van der Waals surface area contributed by atoms with Crippen molar-refractivity contribution in [2.24, 2.45) is 0 Å². The molecule has 26 heavy (non-hydrogen) atoms. The predicted molar refractivity (Wildman–Crippen MR) is 97.9 cm³/mol. The van der Waals surface area contributed by atoms with Gasteiger partial charge in [-0.05, 0) is 37.3 Å². The van der Waals surface area contributed by atoms with Crippen LogP contribution < -0.4 is 20.1 Å². The molecule has 0 saturated carbocycles. The summed E-state index contributed by atoms with van der Waals surface area (Å²) in [7, 11) is 1.49. The van der Waals surface area contributed by atoms with Gasteiger partial charge in [-0.25, -0.2) is 0 Å². The molecule has 0 aromatic heterocycles. The first-order valence-electron chi connectivity index (χ1n) is 7.88. The molecule has 0 spiro atoms. The summed E-state index contributed by atoms with van der Waals surface area (Å²) in [5.74, 6) is 0.207. The molecule has 0 aliphatic heterocycles. The maximum Gasteiger partial charge on any atom is 0.262 e. The topological polar surface area (TPSA) is 93.7 Å². The second kappa shape index (κ2) is 8.66. The molecule has 0 atom stereocenters. The summed E-state index contributed by atoms with van der Waals surface area (Å²) in [6.45, 7) is 2.62. The number of hydrogen-bond donors (Lipinski definition) is 2. The molecule has 2 N–H and O–H groups in total. The molecule has 0 aliphatic carbocycles. The average Bonchev–Trinajstić information content (AvgIpc) is 2.60. The second-order valence-electron chi connectivity index (χ2n) is 5.52. The van der Waals surface area contributed by atoms with E-state index in [4.69, 9.17) is 9.47 Å². The van der Waals surface area contributed by atoms with Crippen molar-refractivity contribution in [1.82, 2.24) is 0 Å². The van der Waals surface area contributed by atoms with E-state index >= 15 is 0 Å². The predicted octanol–water partition coefficient (Wildman–Crippen LogP) is 2.87. The monoisotopic (exact) mass is 356 g/mol. The molecule has 2 aromatic rings. The van der Waals surface area contributed by atoms with Gasteiger partial charge < -0.3 is 20.1 Å². The van der Waals surface area contributed by atoms with Crippen LogP contribution >= 0.6 is 0 Å². The Labute approximate surface area is 151 Å². The molecule has 136 valence electrons. The van der Waals surface area contributed by atoms with Crippen molar-refractivity contribution in [3.63, 3.8) is 0 Å². The number of carbonyl (C=O) groups is 3. The third-order valence-corrected chi connectivity index (χ3v) is 3.40. The molecule has 0 aliphatic rings. The van der Waals surface area contributed by atoms with Crippen LogP contribution in [0, 0.1) is 0 Å². The lowest BCUT2D eigenvalue weighted by molar-refractivity contribution is -0.118. The van der Waals surface area contributed by atoms with E-state index in [1.807, 2.05) is 0 Å². The fourth-order valence-electron chi connectivity index (χ4n) is 2.22. The number of methoxy groups -OCH3 is 1. The number of ketones is 1. The smallest absolute Gasteiger partial charge is 0.262 e.